The lowest BCUT2D eigenvalue weighted by molar-refractivity contribution is 0.172. The molecule has 1 saturated heterocycles. The maximum Gasteiger partial charge on any atom is 0.00816 e. The van der Waals surface area contributed by atoms with Gasteiger partial charge in [-0.05, 0) is 58.5 Å². The van der Waals surface area contributed by atoms with Crippen molar-refractivity contribution >= 4 is 0 Å². The summed E-state index contributed by atoms with van der Waals surface area (Å²) in [5.41, 5.74) is 0. The van der Waals surface area contributed by atoms with E-state index in [1.165, 1.54) is 45.2 Å². The van der Waals surface area contributed by atoms with Gasteiger partial charge in [-0.1, -0.05) is 12.8 Å². The monoisotopic (exact) mass is 224 g/mol. The van der Waals surface area contributed by atoms with Crippen LogP contribution in [0.1, 0.15) is 46.0 Å². The van der Waals surface area contributed by atoms with Gasteiger partial charge in [0.25, 0.3) is 0 Å². The molecule has 16 heavy (non-hydrogen) atoms. The fourth-order valence-electron chi connectivity index (χ4n) is 3.12. The van der Waals surface area contributed by atoms with Gasteiger partial charge in [0.05, 0.1) is 0 Å². The number of piperidine rings is 1. The van der Waals surface area contributed by atoms with Crippen molar-refractivity contribution < 1.29 is 0 Å². The minimum atomic E-state index is 0.691. The summed E-state index contributed by atoms with van der Waals surface area (Å²) in [6.07, 6.45) is 7.14. The van der Waals surface area contributed by atoms with Gasteiger partial charge in [0.1, 0.15) is 0 Å². The van der Waals surface area contributed by atoms with E-state index in [1.807, 2.05) is 0 Å². The highest BCUT2D eigenvalue weighted by molar-refractivity contribution is 4.83. The Balaban J connectivity index is 1.70. The first-order valence-corrected chi connectivity index (χ1v) is 7.09. The third-order valence-corrected chi connectivity index (χ3v) is 4.30. The Morgan fingerprint density at radius 2 is 2.00 bits per heavy atom. The van der Waals surface area contributed by atoms with E-state index in [0.717, 1.165) is 17.9 Å². The minimum Gasteiger partial charge on any atom is -0.311 e. The topological polar surface area (TPSA) is 15.3 Å². The second-order valence-electron chi connectivity index (χ2n) is 6.20. The Morgan fingerprint density at radius 3 is 2.62 bits per heavy atom. The number of hydrogen-bond donors (Lipinski definition) is 1. The van der Waals surface area contributed by atoms with Crippen LogP contribution in [0.2, 0.25) is 0 Å². The number of rotatable bonds is 5. The molecule has 1 N–H and O–H groups in total. The molecular formula is C14H28N2. The number of nitrogens with zero attached hydrogens (tertiary/aromatic N) is 1. The van der Waals surface area contributed by atoms with E-state index in [2.05, 4.69) is 31.1 Å². The van der Waals surface area contributed by atoms with Crippen molar-refractivity contribution in [1.82, 2.24) is 10.2 Å². The third-order valence-electron chi connectivity index (χ3n) is 4.30. The number of nitrogens with one attached hydrogen (secondary N) is 1. The molecule has 2 nitrogen and oxygen atoms in total. The third kappa shape index (κ3) is 3.74. The van der Waals surface area contributed by atoms with Crippen LogP contribution in [0, 0.1) is 11.8 Å². The van der Waals surface area contributed by atoms with Gasteiger partial charge in [-0.25, -0.2) is 0 Å². The van der Waals surface area contributed by atoms with Gasteiger partial charge >= 0.3 is 0 Å². The molecule has 2 fully saturated rings. The molecule has 3 atom stereocenters. The molecule has 1 aliphatic heterocycles. The van der Waals surface area contributed by atoms with Gasteiger partial charge < -0.3 is 10.2 Å². The Hall–Kier alpha value is -0.0800. The van der Waals surface area contributed by atoms with E-state index in [-0.39, 0.29) is 0 Å². The summed E-state index contributed by atoms with van der Waals surface area (Å²) in [7, 11) is 2.26. The smallest absolute Gasteiger partial charge is 0.00816 e. The summed E-state index contributed by atoms with van der Waals surface area (Å²) in [4.78, 5) is 2.48. The summed E-state index contributed by atoms with van der Waals surface area (Å²) >= 11 is 0. The first kappa shape index (κ1) is 12.4. The Bertz CT molecular complexity index is 213. The van der Waals surface area contributed by atoms with Crippen LogP contribution in [0.3, 0.4) is 0 Å². The number of likely N-dealkylation sites (tertiary alicyclic amines) is 1. The normalized spacial score (nSPS) is 31.3. The average molecular weight is 224 g/mol. The summed E-state index contributed by atoms with van der Waals surface area (Å²) < 4.78 is 0. The Kier molecular flexibility index (Phi) is 4.26. The van der Waals surface area contributed by atoms with E-state index in [9.17, 15) is 0 Å². The molecule has 0 radical (unpaired) electrons. The molecule has 1 aliphatic carbocycles. The number of hydrogen-bond acceptors (Lipinski definition) is 2. The van der Waals surface area contributed by atoms with Gasteiger partial charge in [0.15, 0.2) is 0 Å². The van der Waals surface area contributed by atoms with Crippen LogP contribution in [-0.2, 0) is 0 Å². The highest BCUT2D eigenvalue weighted by Crippen LogP contribution is 2.33. The average Bonchev–Trinajstić information content (AvgIpc) is 3.01. The first-order chi connectivity index (χ1) is 7.65. The largest absolute Gasteiger partial charge is 0.311 e. The zero-order chi connectivity index (χ0) is 11.5. The van der Waals surface area contributed by atoms with Crippen molar-refractivity contribution in [3.8, 4) is 0 Å². The van der Waals surface area contributed by atoms with Crippen LogP contribution >= 0.6 is 0 Å². The van der Waals surface area contributed by atoms with E-state index >= 15 is 0 Å². The van der Waals surface area contributed by atoms with Gasteiger partial charge in [-0.15, -0.1) is 0 Å². The second-order valence-corrected chi connectivity index (χ2v) is 6.20. The van der Waals surface area contributed by atoms with Crippen LogP contribution in [0.4, 0.5) is 0 Å². The molecular weight excluding hydrogens is 196 g/mol. The maximum atomic E-state index is 3.81. The lowest BCUT2D eigenvalue weighted by Crippen LogP contribution is -2.45. The van der Waals surface area contributed by atoms with Crippen molar-refractivity contribution in [2.75, 3.05) is 20.1 Å². The highest BCUT2D eigenvalue weighted by Gasteiger charge is 2.27. The predicted molar refractivity (Wildman–Crippen MR) is 69.6 cm³/mol. The predicted octanol–water partition coefficient (Wildman–Crippen LogP) is 2.49. The van der Waals surface area contributed by atoms with Crippen LogP contribution in [0.15, 0.2) is 0 Å². The molecule has 0 aromatic rings. The molecule has 2 rings (SSSR count). The minimum absolute atomic E-state index is 0.691. The lowest BCUT2D eigenvalue weighted by atomic mass is 9.91. The molecule has 1 saturated carbocycles. The lowest BCUT2D eigenvalue weighted by Gasteiger charge is -2.35. The Morgan fingerprint density at radius 1 is 1.25 bits per heavy atom. The molecule has 0 amide bonds. The van der Waals surface area contributed by atoms with Crippen LogP contribution in [-0.4, -0.2) is 37.1 Å². The maximum absolute atomic E-state index is 3.81. The molecule has 3 unspecified atom stereocenters. The summed E-state index contributed by atoms with van der Waals surface area (Å²) in [5, 5.41) is 3.81. The van der Waals surface area contributed by atoms with E-state index < -0.39 is 0 Å². The summed E-state index contributed by atoms with van der Waals surface area (Å²) in [5.74, 6) is 1.91. The SMILES string of the molecule is CC(CC1CC1)NC(C)C1CCCN(C)C1. The fraction of sp³-hybridized carbons (Fsp3) is 1.00. The molecule has 2 heteroatoms. The van der Waals surface area contributed by atoms with E-state index in [1.54, 1.807) is 0 Å². The van der Waals surface area contributed by atoms with Crippen molar-refractivity contribution in [2.24, 2.45) is 11.8 Å². The molecule has 0 aromatic heterocycles. The highest BCUT2D eigenvalue weighted by atomic mass is 15.1. The zero-order valence-electron chi connectivity index (χ0n) is 11.2. The molecule has 0 bridgehead atoms. The zero-order valence-corrected chi connectivity index (χ0v) is 11.2. The van der Waals surface area contributed by atoms with Crippen molar-refractivity contribution in [2.45, 2.75) is 58.0 Å². The van der Waals surface area contributed by atoms with Gasteiger partial charge in [0.2, 0.25) is 0 Å². The van der Waals surface area contributed by atoms with Crippen LogP contribution < -0.4 is 5.32 Å². The van der Waals surface area contributed by atoms with Crippen LogP contribution in [0.5, 0.6) is 0 Å². The molecule has 1 heterocycles. The van der Waals surface area contributed by atoms with Crippen molar-refractivity contribution in [3.63, 3.8) is 0 Å². The van der Waals surface area contributed by atoms with Crippen molar-refractivity contribution in [3.05, 3.63) is 0 Å². The Labute approximate surface area is 101 Å². The quantitative estimate of drug-likeness (QED) is 0.772. The van der Waals surface area contributed by atoms with E-state index in [4.69, 9.17) is 0 Å². The molecule has 0 spiro atoms. The van der Waals surface area contributed by atoms with Crippen LogP contribution in [0.25, 0.3) is 0 Å². The van der Waals surface area contributed by atoms with Gasteiger partial charge in [0, 0.05) is 18.6 Å². The van der Waals surface area contributed by atoms with Gasteiger partial charge in [-0.2, -0.15) is 0 Å². The fourth-order valence-corrected chi connectivity index (χ4v) is 3.12. The standard InChI is InChI=1S/C14H28N2/c1-11(9-13-6-7-13)15-12(2)14-5-4-8-16(3)10-14/h11-15H,4-10H2,1-3H3. The molecule has 94 valence electrons. The van der Waals surface area contributed by atoms with E-state index in [0.29, 0.717) is 6.04 Å². The van der Waals surface area contributed by atoms with Crippen molar-refractivity contribution in [1.29, 1.82) is 0 Å². The summed E-state index contributed by atoms with van der Waals surface area (Å²) in [6, 6.07) is 1.41. The summed E-state index contributed by atoms with van der Waals surface area (Å²) in [6.45, 7) is 7.32. The first-order valence-electron chi connectivity index (χ1n) is 7.09. The van der Waals surface area contributed by atoms with Gasteiger partial charge in [-0.3, -0.25) is 0 Å². The molecule has 0 aromatic carbocycles. The molecule has 2 aliphatic rings. The second kappa shape index (κ2) is 5.50.